The minimum atomic E-state index is -0.139. The lowest BCUT2D eigenvalue weighted by Crippen LogP contribution is -2.33. The van der Waals surface area contributed by atoms with Gasteiger partial charge in [0.15, 0.2) is 0 Å². The predicted octanol–water partition coefficient (Wildman–Crippen LogP) is 3.26. The zero-order valence-electron chi connectivity index (χ0n) is 14.4. The van der Waals surface area contributed by atoms with E-state index in [-0.39, 0.29) is 18.0 Å². The molecular weight excluding hydrogens is 370 g/mol. The minimum absolute atomic E-state index is 0.0105. The van der Waals surface area contributed by atoms with E-state index in [0.717, 1.165) is 35.2 Å². The quantitative estimate of drug-likeness (QED) is 0.690. The molecule has 0 spiro atoms. The summed E-state index contributed by atoms with van der Waals surface area (Å²) in [6.45, 7) is 0.432. The Morgan fingerprint density at radius 2 is 2.23 bits per heavy atom. The summed E-state index contributed by atoms with van der Waals surface area (Å²) in [6, 6.07) is 7.41. The highest BCUT2D eigenvalue weighted by atomic mass is 35.5. The number of likely N-dealkylation sites (N-methyl/N-ethyl adjacent to an activating group) is 1. The number of halogens is 1. The van der Waals surface area contributed by atoms with Crippen molar-refractivity contribution in [2.75, 3.05) is 7.05 Å². The van der Waals surface area contributed by atoms with Gasteiger partial charge in [0.1, 0.15) is 11.4 Å². The Hall–Kier alpha value is -2.18. The zero-order chi connectivity index (χ0) is 18.3. The van der Waals surface area contributed by atoms with Gasteiger partial charge in [-0.3, -0.25) is 14.2 Å². The van der Waals surface area contributed by atoms with E-state index >= 15 is 0 Å². The maximum absolute atomic E-state index is 12.9. The van der Waals surface area contributed by atoms with Crippen LogP contribution >= 0.6 is 22.9 Å². The van der Waals surface area contributed by atoms with Crippen molar-refractivity contribution in [3.05, 3.63) is 62.0 Å². The van der Waals surface area contributed by atoms with Gasteiger partial charge in [-0.1, -0.05) is 23.7 Å². The Balaban J connectivity index is 1.56. The van der Waals surface area contributed by atoms with Crippen molar-refractivity contribution < 1.29 is 4.79 Å². The normalized spacial score (nSPS) is 13.2. The Morgan fingerprint density at radius 1 is 1.38 bits per heavy atom. The highest BCUT2D eigenvalue weighted by Crippen LogP contribution is 2.34. The first kappa shape index (κ1) is 17.2. The van der Waals surface area contributed by atoms with Gasteiger partial charge in [-0.05, 0) is 42.5 Å². The monoisotopic (exact) mass is 387 g/mol. The highest BCUT2D eigenvalue weighted by Gasteiger charge is 2.22. The fraction of sp³-hybridized carbons (Fsp3) is 0.316. The van der Waals surface area contributed by atoms with Crippen molar-refractivity contribution in [1.82, 2.24) is 14.5 Å². The lowest BCUT2D eigenvalue weighted by atomic mass is 10.2. The Morgan fingerprint density at radius 3 is 3.04 bits per heavy atom. The third-order valence-corrected chi connectivity index (χ3v) is 6.17. The SMILES string of the molecule is CN(Cc1cccc(Cl)c1)C(=O)Cn1cnc2sc3c(c2c1=O)CCC3. The molecule has 1 aliphatic carbocycles. The van der Waals surface area contributed by atoms with E-state index < -0.39 is 0 Å². The van der Waals surface area contributed by atoms with Gasteiger partial charge >= 0.3 is 0 Å². The lowest BCUT2D eigenvalue weighted by molar-refractivity contribution is -0.131. The van der Waals surface area contributed by atoms with Gasteiger partial charge in [-0.2, -0.15) is 0 Å². The predicted molar refractivity (Wildman–Crippen MR) is 104 cm³/mol. The molecule has 1 amide bonds. The number of thiophene rings is 1. The summed E-state index contributed by atoms with van der Waals surface area (Å²) in [6.07, 6.45) is 4.53. The molecule has 0 aliphatic heterocycles. The molecule has 7 heteroatoms. The van der Waals surface area contributed by atoms with Gasteiger partial charge < -0.3 is 4.90 Å². The molecule has 0 atom stereocenters. The van der Waals surface area contributed by atoms with E-state index in [0.29, 0.717) is 17.0 Å². The Kier molecular flexibility index (Phi) is 4.54. The number of nitrogens with zero attached hydrogens (tertiary/aromatic N) is 3. The van der Waals surface area contributed by atoms with Crippen LogP contribution in [-0.4, -0.2) is 27.4 Å². The second-order valence-electron chi connectivity index (χ2n) is 6.59. The molecule has 1 aromatic carbocycles. The molecule has 0 N–H and O–H groups in total. The first-order valence-corrected chi connectivity index (χ1v) is 9.70. The minimum Gasteiger partial charge on any atom is -0.340 e. The van der Waals surface area contributed by atoms with Gasteiger partial charge in [0, 0.05) is 23.5 Å². The molecule has 0 radical (unpaired) electrons. The molecule has 26 heavy (non-hydrogen) atoms. The van der Waals surface area contributed by atoms with E-state index in [4.69, 9.17) is 11.6 Å². The number of hydrogen-bond donors (Lipinski definition) is 0. The molecule has 0 fully saturated rings. The lowest BCUT2D eigenvalue weighted by Gasteiger charge is -2.18. The van der Waals surface area contributed by atoms with Crippen molar-refractivity contribution in [3.8, 4) is 0 Å². The summed E-state index contributed by atoms with van der Waals surface area (Å²) in [5, 5.41) is 1.34. The zero-order valence-corrected chi connectivity index (χ0v) is 15.9. The summed E-state index contributed by atoms with van der Waals surface area (Å²) >= 11 is 7.60. The van der Waals surface area contributed by atoms with Crippen molar-refractivity contribution >= 4 is 39.1 Å². The molecule has 1 aliphatic rings. The number of rotatable bonds is 4. The van der Waals surface area contributed by atoms with Crippen molar-refractivity contribution in [3.63, 3.8) is 0 Å². The molecule has 4 rings (SSSR count). The number of hydrogen-bond acceptors (Lipinski definition) is 4. The third kappa shape index (κ3) is 3.15. The van der Waals surface area contributed by atoms with Gasteiger partial charge in [-0.25, -0.2) is 4.98 Å². The maximum atomic E-state index is 12.9. The number of carbonyl (C=O) groups excluding carboxylic acids is 1. The fourth-order valence-corrected chi connectivity index (χ4v) is 4.83. The summed E-state index contributed by atoms with van der Waals surface area (Å²) in [5.74, 6) is -0.139. The van der Waals surface area contributed by atoms with Crippen LogP contribution in [0.1, 0.15) is 22.4 Å². The molecule has 2 heterocycles. The van der Waals surface area contributed by atoms with E-state index in [1.54, 1.807) is 29.4 Å². The summed E-state index contributed by atoms with van der Waals surface area (Å²) in [7, 11) is 1.72. The van der Waals surface area contributed by atoms with Gasteiger partial charge in [0.05, 0.1) is 11.7 Å². The van der Waals surface area contributed by atoms with E-state index in [9.17, 15) is 9.59 Å². The van der Waals surface area contributed by atoms with E-state index in [1.165, 1.54) is 15.8 Å². The molecule has 0 bridgehead atoms. The summed E-state index contributed by atoms with van der Waals surface area (Å²) in [4.78, 5) is 33.5. The average Bonchev–Trinajstić information content (AvgIpc) is 3.18. The van der Waals surface area contributed by atoms with Crippen LogP contribution in [0.25, 0.3) is 10.2 Å². The van der Waals surface area contributed by atoms with Crippen molar-refractivity contribution in [2.24, 2.45) is 0 Å². The van der Waals surface area contributed by atoms with Crippen LogP contribution in [0.4, 0.5) is 0 Å². The van der Waals surface area contributed by atoms with Crippen LogP contribution in [-0.2, 0) is 30.7 Å². The van der Waals surface area contributed by atoms with Crippen molar-refractivity contribution in [2.45, 2.75) is 32.4 Å². The number of carbonyl (C=O) groups is 1. The molecule has 0 unspecified atom stereocenters. The number of fused-ring (bicyclic) bond motifs is 3. The Labute approximate surface area is 159 Å². The maximum Gasteiger partial charge on any atom is 0.262 e. The number of aryl methyl sites for hydroxylation is 2. The van der Waals surface area contributed by atoms with Gasteiger partial charge in [0.25, 0.3) is 5.56 Å². The summed E-state index contributed by atoms with van der Waals surface area (Å²) < 4.78 is 1.42. The average molecular weight is 388 g/mol. The fourth-order valence-electron chi connectivity index (χ4n) is 3.40. The van der Waals surface area contributed by atoms with Gasteiger partial charge in [0.2, 0.25) is 5.91 Å². The molecule has 3 aromatic rings. The molecule has 0 saturated carbocycles. The molecule has 0 saturated heterocycles. The third-order valence-electron chi connectivity index (χ3n) is 4.73. The smallest absolute Gasteiger partial charge is 0.262 e. The van der Waals surface area contributed by atoms with E-state index in [1.807, 2.05) is 18.2 Å². The van der Waals surface area contributed by atoms with Gasteiger partial charge in [-0.15, -0.1) is 11.3 Å². The van der Waals surface area contributed by atoms with Crippen LogP contribution in [0.5, 0.6) is 0 Å². The number of aromatic nitrogens is 2. The molecule has 5 nitrogen and oxygen atoms in total. The highest BCUT2D eigenvalue weighted by molar-refractivity contribution is 7.18. The van der Waals surface area contributed by atoms with Crippen LogP contribution < -0.4 is 5.56 Å². The standard InChI is InChI=1S/C19H18ClN3O2S/c1-22(9-12-4-2-5-13(20)8-12)16(24)10-23-11-21-18-17(19(23)25)14-6-3-7-15(14)26-18/h2,4-5,8,11H,3,6-7,9-10H2,1H3. The van der Waals surface area contributed by atoms with Crippen LogP contribution in [0.3, 0.4) is 0 Å². The second-order valence-corrected chi connectivity index (χ2v) is 8.11. The van der Waals surface area contributed by atoms with Crippen molar-refractivity contribution in [1.29, 1.82) is 0 Å². The van der Waals surface area contributed by atoms with Crippen LogP contribution in [0.2, 0.25) is 5.02 Å². The first-order valence-electron chi connectivity index (χ1n) is 8.51. The second kappa shape index (κ2) is 6.85. The summed E-state index contributed by atoms with van der Waals surface area (Å²) in [5.41, 5.74) is 1.97. The molecular formula is C19H18ClN3O2S. The largest absolute Gasteiger partial charge is 0.340 e. The van der Waals surface area contributed by atoms with Crippen LogP contribution in [0.15, 0.2) is 35.4 Å². The number of amides is 1. The first-order chi connectivity index (χ1) is 12.5. The molecule has 134 valence electrons. The molecule has 2 aromatic heterocycles. The van der Waals surface area contributed by atoms with E-state index in [2.05, 4.69) is 4.98 Å². The van der Waals surface area contributed by atoms with Crippen LogP contribution in [0, 0.1) is 0 Å². The topological polar surface area (TPSA) is 55.2 Å². The Bertz CT molecular complexity index is 1060. The number of benzene rings is 1.